The summed E-state index contributed by atoms with van der Waals surface area (Å²) in [5.74, 6) is -0.739. The average Bonchev–Trinajstić information content (AvgIpc) is 2.88. The normalized spacial score (nSPS) is 18.6. The lowest BCUT2D eigenvalue weighted by atomic mass is 10.0. The molecule has 1 aliphatic carbocycles. The number of hydrogen-bond acceptors (Lipinski definition) is 4. The Bertz CT molecular complexity index is 927. The molecule has 0 spiro atoms. The number of nitrogens with one attached hydrogen (secondary N) is 1. The number of aromatic hydroxyl groups is 1. The Kier molecular flexibility index (Phi) is 4.35. The molecule has 0 aromatic heterocycles. The fraction of sp³-hybridized carbons (Fsp3) is 0.188. The molecule has 126 valence electrons. The Hall–Kier alpha value is -1.93. The molecule has 0 unspecified atom stereocenters. The minimum Gasteiger partial charge on any atom is -0.507 e. The second-order valence-electron chi connectivity index (χ2n) is 5.57. The molecule has 0 saturated heterocycles. The lowest BCUT2D eigenvalue weighted by Gasteiger charge is -2.07. The zero-order chi connectivity index (χ0) is 17.5. The first kappa shape index (κ1) is 16.9. The van der Waals surface area contributed by atoms with Crippen LogP contribution in [-0.2, 0) is 10.0 Å². The van der Waals surface area contributed by atoms with Crippen molar-refractivity contribution in [3.63, 3.8) is 0 Å². The molecule has 2 N–H and O–H groups in total. The monoisotopic (exact) mass is 412 g/mol. The maximum atomic E-state index is 14.0. The van der Waals surface area contributed by atoms with E-state index in [9.17, 15) is 17.9 Å². The summed E-state index contributed by atoms with van der Waals surface area (Å²) in [6.45, 7) is 1.80. The quantitative estimate of drug-likeness (QED) is 0.757. The third-order valence-electron chi connectivity index (χ3n) is 3.88. The van der Waals surface area contributed by atoms with Gasteiger partial charge in [-0.25, -0.2) is 4.39 Å². The molecule has 1 atom stereocenters. The lowest BCUT2D eigenvalue weighted by Crippen LogP contribution is -2.20. The van der Waals surface area contributed by atoms with E-state index in [0.717, 1.165) is 4.47 Å². The Morgan fingerprint density at radius 1 is 1.25 bits per heavy atom. The van der Waals surface area contributed by atoms with Crippen molar-refractivity contribution < 1.29 is 17.9 Å². The van der Waals surface area contributed by atoms with E-state index in [-0.39, 0.29) is 22.1 Å². The molecule has 2 aromatic carbocycles. The van der Waals surface area contributed by atoms with Crippen LogP contribution in [0, 0.1) is 5.82 Å². The van der Waals surface area contributed by atoms with E-state index in [1.54, 1.807) is 19.1 Å². The van der Waals surface area contributed by atoms with E-state index >= 15 is 0 Å². The molecule has 1 aliphatic rings. The highest BCUT2D eigenvalue weighted by Crippen LogP contribution is 2.39. The fourth-order valence-electron chi connectivity index (χ4n) is 2.75. The molecule has 0 saturated carbocycles. The summed E-state index contributed by atoms with van der Waals surface area (Å²) in [7, 11) is -3.84. The Morgan fingerprint density at radius 3 is 2.58 bits per heavy atom. The first-order valence-electron chi connectivity index (χ1n) is 7.15. The van der Waals surface area contributed by atoms with Crippen molar-refractivity contribution in [2.24, 2.45) is 5.10 Å². The van der Waals surface area contributed by atoms with Gasteiger partial charge < -0.3 is 5.11 Å². The van der Waals surface area contributed by atoms with E-state index in [2.05, 4.69) is 25.9 Å². The lowest BCUT2D eigenvalue weighted by molar-refractivity contribution is 0.470. The van der Waals surface area contributed by atoms with Gasteiger partial charge in [0.1, 0.15) is 11.6 Å². The molecule has 2 aromatic rings. The number of nitrogens with zero attached hydrogens (tertiary/aromatic N) is 1. The summed E-state index contributed by atoms with van der Waals surface area (Å²) >= 11 is 3.24. The number of benzene rings is 2. The molecule has 0 bridgehead atoms. The van der Waals surface area contributed by atoms with Crippen LogP contribution < -0.4 is 4.83 Å². The van der Waals surface area contributed by atoms with E-state index in [1.165, 1.54) is 24.3 Å². The summed E-state index contributed by atoms with van der Waals surface area (Å²) < 4.78 is 39.3. The van der Waals surface area contributed by atoms with Crippen molar-refractivity contribution in [1.82, 2.24) is 4.83 Å². The number of fused-ring (bicyclic) bond motifs is 1. The minimum absolute atomic E-state index is 0.0600. The van der Waals surface area contributed by atoms with Gasteiger partial charge in [-0.3, -0.25) is 0 Å². The van der Waals surface area contributed by atoms with Crippen molar-refractivity contribution >= 4 is 31.7 Å². The van der Waals surface area contributed by atoms with Gasteiger partial charge in [0.2, 0.25) is 0 Å². The molecule has 0 radical (unpaired) electrons. The van der Waals surface area contributed by atoms with Gasteiger partial charge in [0.05, 0.1) is 10.6 Å². The molecular formula is C16H14BrFN2O3S. The van der Waals surface area contributed by atoms with Gasteiger partial charge in [-0.05, 0) is 48.7 Å². The maximum Gasteiger partial charge on any atom is 0.276 e. The van der Waals surface area contributed by atoms with Crippen LogP contribution in [0.2, 0.25) is 0 Å². The summed E-state index contributed by atoms with van der Waals surface area (Å²) in [6, 6.07) is 8.53. The Labute approximate surface area is 147 Å². The standard InChI is InChI=1S/C16H14BrFN2O3S/c1-9-8-13(16-14(21)7-6-12(18)15(9)16)19-20-24(22,23)11-4-2-10(17)3-5-11/h2-7,9,20-21H,8H2,1H3/b19-13+/t9-/m1/s1. The van der Waals surface area contributed by atoms with E-state index in [0.29, 0.717) is 17.7 Å². The number of sulfonamides is 1. The molecule has 8 heteroatoms. The zero-order valence-electron chi connectivity index (χ0n) is 12.6. The van der Waals surface area contributed by atoms with Crippen LogP contribution in [0.4, 0.5) is 4.39 Å². The van der Waals surface area contributed by atoms with Crippen LogP contribution in [-0.4, -0.2) is 19.2 Å². The highest BCUT2D eigenvalue weighted by atomic mass is 79.9. The van der Waals surface area contributed by atoms with Crippen LogP contribution in [0.3, 0.4) is 0 Å². The Morgan fingerprint density at radius 2 is 1.92 bits per heavy atom. The molecule has 0 heterocycles. The van der Waals surface area contributed by atoms with Gasteiger partial charge in [-0.2, -0.15) is 18.4 Å². The first-order chi connectivity index (χ1) is 11.3. The van der Waals surface area contributed by atoms with Gasteiger partial charge in [-0.1, -0.05) is 22.9 Å². The molecule has 0 fully saturated rings. The number of phenols is 1. The first-order valence-corrected chi connectivity index (χ1v) is 9.43. The highest BCUT2D eigenvalue weighted by Gasteiger charge is 2.31. The molecule has 0 amide bonds. The third-order valence-corrected chi connectivity index (χ3v) is 5.63. The third kappa shape index (κ3) is 3.03. The summed E-state index contributed by atoms with van der Waals surface area (Å²) in [4.78, 5) is 2.22. The van der Waals surface area contributed by atoms with Gasteiger partial charge in [-0.15, -0.1) is 0 Å². The maximum absolute atomic E-state index is 14.0. The van der Waals surface area contributed by atoms with Crippen LogP contribution in [0.1, 0.15) is 30.4 Å². The van der Waals surface area contributed by atoms with Crippen molar-refractivity contribution in [3.05, 3.63) is 57.8 Å². The SMILES string of the molecule is C[C@@H]1C/C(=N\NS(=O)(=O)c2ccc(Br)cc2)c2c(O)ccc(F)c21. The Balaban J connectivity index is 1.95. The molecular weight excluding hydrogens is 399 g/mol. The number of hydrogen-bond donors (Lipinski definition) is 2. The van der Waals surface area contributed by atoms with Crippen molar-refractivity contribution in [1.29, 1.82) is 0 Å². The number of phenolic OH excluding ortho intramolecular Hbond substituents is 1. The largest absolute Gasteiger partial charge is 0.507 e. The van der Waals surface area contributed by atoms with Crippen molar-refractivity contribution in [2.75, 3.05) is 0 Å². The van der Waals surface area contributed by atoms with Gasteiger partial charge in [0.25, 0.3) is 10.0 Å². The molecule has 3 rings (SSSR count). The van der Waals surface area contributed by atoms with Crippen LogP contribution in [0.15, 0.2) is 50.9 Å². The second kappa shape index (κ2) is 6.18. The van der Waals surface area contributed by atoms with E-state index in [1.807, 2.05) is 0 Å². The predicted octanol–water partition coefficient (Wildman–Crippen LogP) is 3.48. The van der Waals surface area contributed by atoms with Crippen LogP contribution in [0.25, 0.3) is 0 Å². The second-order valence-corrected chi connectivity index (χ2v) is 8.14. The van der Waals surface area contributed by atoms with Crippen molar-refractivity contribution in [2.45, 2.75) is 24.2 Å². The van der Waals surface area contributed by atoms with E-state index in [4.69, 9.17) is 0 Å². The number of rotatable bonds is 3. The highest BCUT2D eigenvalue weighted by molar-refractivity contribution is 9.10. The van der Waals surface area contributed by atoms with E-state index < -0.39 is 15.8 Å². The summed E-state index contributed by atoms with van der Waals surface area (Å²) in [5, 5.41) is 13.9. The predicted molar refractivity (Wildman–Crippen MR) is 92.1 cm³/mol. The van der Waals surface area contributed by atoms with Crippen LogP contribution >= 0.6 is 15.9 Å². The number of hydrazone groups is 1. The molecule has 5 nitrogen and oxygen atoms in total. The average molecular weight is 413 g/mol. The smallest absolute Gasteiger partial charge is 0.276 e. The summed E-state index contributed by atoms with van der Waals surface area (Å²) in [6.07, 6.45) is 0.340. The molecule has 24 heavy (non-hydrogen) atoms. The van der Waals surface area contributed by atoms with Gasteiger partial charge in [0.15, 0.2) is 0 Å². The fourth-order valence-corrected chi connectivity index (χ4v) is 3.84. The number of halogens is 2. The zero-order valence-corrected chi connectivity index (χ0v) is 15.0. The minimum atomic E-state index is -3.84. The summed E-state index contributed by atoms with van der Waals surface area (Å²) in [5.41, 5.74) is 0.938. The van der Waals surface area contributed by atoms with Gasteiger partial charge >= 0.3 is 0 Å². The topological polar surface area (TPSA) is 78.8 Å². The van der Waals surface area contributed by atoms with Gasteiger partial charge in [0, 0.05) is 15.6 Å². The molecule has 0 aliphatic heterocycles. The van der Waals surface area contributed by atoms with Crippen molar-refractivity contribution in [3.8, 4) is 5.75 Å². The van der Waals surface area contributed by atoms with Crippen LogP contribution in [0.5, 0.6) is 5.75 Å².